The van der Waals surface area contributed by atoms with Crippen molar-refractivity contribution in [3.63, 3.8) is 0 Å². The molecular weight excluding hydrogens is 483 g/mol. The third-order valence-electron chi connectivity index (χ3n) is 3.54. The summed E-state index contributed by atoms with van der Waals surface area (Å²) in [6.45, 7) is 12.7. The van der Waals surface area contributed by atoms with E-state index in [2.05, 4.69) is 47.2 Å². The molecule has 0 aromatic carbocycles. The van der Waals surface area contributed by atoms with E-state index in [-0.39, 0.29) is 22.6 Å². The topological polar surface area (TPSA) is 58.6 Å². The van der Waals surface area contributed by atoms with Gasteiger partial charge in [0, 0.05) is 10.0 Å². The number of hydrogen-bond acceptors (Lipinski definition) is 5. The van der Waals surface area contributed by atoms with Gasteiger partial charge in [-0.05, 0) is 19.6 Å². The Morgan fingerprint density at radius 3 is 2.48 bits per heavy atom. The summed E-state index contributed by atoms with van der Waals surface area (Å²) < 4.78 is 6.60. The second-order valence-corrected chi connectivity index (χ2v) is 19.6. The van der Waals surface area contributed by atoms with Gasteiger partial charge in [-0.2, -0.15) is 0 Å². The number of fused-ring (bicyclic) bond motifs is 1. The van der Waals surface area contributed by atoms with Crippen molar-refractivity contribution in [3.05, 3.63) is 23.4 Å². The Morgan fingerprint density at radius 1 is 1.36 bits per heavy atom. The van der Waals surface area contributed by atoms with Gasteiger partial charge in [0.2, 0.25) is 14.2 Å². The largest absolute Gasteiger partial charge is 0.515 e. The first-order valence-electron chi connectivity index (χ1n) is 8.38. The van der Waals surface area contributed by atoms with Gasteiger partial charge < -0.3 is 9.41 Å². The molecule has 0 radical (unpaired) electrons. The van der Waals surface area contributed by atoms with Crippen LogP contribution in [-0.4, -0.2) is 48.5 Å². The maximum atomic E-state index is 12.9. The molecule has 2 heterocycles. The minimum Gasteiger partial charge on any atom is -0.515 e. The first kappa shape index (κ1) is 21.2. The standard InChI is InChI=1S/C16H27IN2O3SSi2/c1-24(2,3)18-15-11(8-7-9-17)14(16(21)22-25(4,5)6)19-12(20)10-13(19)23-15/h7-8,13,15,18H,9-10H2,1-6H3/t13-,15?/m1/s1. The van der Waals surface area contributed by atoms with E-state index in [4.69, 9.17) is 4.43 Å². The van der Waals surface area contributed by atoms with Gasteiger partial charge in [-0.15, -0.1) is 11.8 Å². The van der Waals surface area contributed by atoms with E-state index < -0.39 is 16.6 Å². The average Bonchev–Trinajstić information content (AvgIpc) is 2.41. The van der Waals surface area contributed by atoms with E-state index >= 15 is 0 Å². The zero-order chi connectivity index (χ0) is 19.0. The molecule has 0 saturated carbocycles. The highest BCUT2D eigenvalue weighted by molar-refractivity contribution is 14.1. The molecule has 1 saturated heterocycles. The lowest BCUT2D eigenvalue weighted by molar-refractivity contribution is -0.145. The Bertz CT molecular complexity index is 626. The van der Waals surface area contributed by atoms with Crippen LogP contribution in [0.5, 0.6) is 0 Å². The normalized spacial score (nSPS) is 24.4. The van der Waals surface area contributed by atoms with Gasteiger partial charge in [0.25, 0.3) is 0 Å². The molecule has 0 spiro atoms. The summed E-state index contributed by atoms with van der Waals surface area (Å²) in [4.78, 5) is 30.5. The predicted molar refractivity (Wildman–Crippen MR) is 118 cm³/mol. The van der Waals surface area contributed by atoms with E-state index in [0.717, 1.165) is 10.0 Å². The fraction of sp³-hybridized carbons (Fsp3) is 0.625. The van der Waals surface area contributed by atoms with Gasteiger partial charge in [0.1, 0.15) is 13.9 Å². The highest BCUT2D eigenvalue weighted by atomic mass is 127. The summed E-state index contributed by atoms with van der Waals surface area (Å²) >= 11 is 4.01. The summed E-state index contributed by atoms with van der Waals surface area (Å²) in [6, 6.07) is 0. The number of halogens is 1. The molecule has 1 N–H and O–H groups in total. The zero-order valence-electron chi connectivity index (χ0n) is 15.7. The summed E-state index contributed by atoms with van der Waals surface area (Å²) in [5.74, 6) is -0.347. The lowest BCUT2D eigenvalue weighted by Crippen LogP contribution is -2.59. The Hall–Kier alpha value is -0.106. The SMILES string of the molecule is C[Si](C)(C)NC1S[C@@H]2CC(=O)N2C(C(=O)O[Si](C)(C)C)=C1C=CCI. The summed E-state index contributed by atoms with van der Waals surface area (Å²) in [6.07, 6.45) is 4.50. The van der Waals surface area contributed by atoms with E-state index in [1.807, 2.05) is 31.8 Å². The van der Waals surface area contributed by atoms with Gasteiger partial charge >= 0.3 is 5.97 Å². The number of nitrogens with zero attached hydrogens (tertiary/aromatic N) is 1. The monoisotopic (exact) mass is 510 g/mol. The van der Waals surface area contributed by atoms with Crippen molar-refractivity contribution < 1.29 is 14.0 Å². The summed E-state index contributed by atoms with van der Waals surface area (Å²) in [5.41, 5.74) is 1.32. The number of rotatable bonds is 6. The molecule has 9 heteroatoms. The molecule has 0 aliphatic carbocycles. The first-order valence-corrected chi connectivity index (χ1v) is 17.8. The van der Waals surface area contributed by atoms with Crippen molar-refractivity contribution in [2.75, 3.05) is 4.43 Å². The Labute approximate surface area is 170 Å². The number of carbonyl (C=O) groups is 2. The van der Waals surface area contributed by atoms with E-state index in [0.29, 0.717) is 12.1 Å². The predicted octanol–water partition coefficient (Wildman–Crippen LogP) is 3.67. The number of hydrogen-bond donors (Lipinski definition) is 1. The van der Waals surface area contributed by atoms with Crippen molar-refractivity contribution in [2.24, 2.45) is 0 Å². The number of nitrogens with one attached hydrogen (secondary N) is 1. The lowest BCUT2D eigenvalue weighted by Gasteiger charge is -2.48. The second kappa shape index (κ2) is 7.87. The van der Waals surface area contributed by atoms with Crippen LogP contribution in [-0.2, 0) is 14.0 Å². The molecule has 0 aromatic rings. The van der Waals surface area contributed by atoms with Crippen LogP contribution in [0.25, 0.3) is 0 Å². The molecule has 2 rings (SSSR count). The summed E-state index contributed by atoms with van der Waals surface area (Å²) in [7, 11) is -3.62. The summed E-state index contributed by atoms with van der Waals surface area (Å²) in [5, 5.41) is 0.0479. The maximum absolute atomic E-state index is 12.9. The van der Waals surface area contributed by atoms with Crippen molar-refractivity contribution in [1.82, 2.24) is 9.88 Å². The average molecular weight is 511 g/mol. The highest BCUT2D eigenvalue weighted by Crippen LogP contribution is 2.44. The van der Waals surface area contributed by atoms with E-state index in [9.17, 15) is 9.59 Å². The van der Waals surface area contributed by atoms with Crippen molar-refractivity contribution in [2.45, 2.75) is 56.5 Å². The fourth-order valence-electron chi connectivity index (χ4n) is 2.64. The molecule has 2 atom stereocenters. The Kier molecular flexibility index (Phi) is 6.67. The molecule has 2 aliphatic rings. The molecule has 25 heavy (non-hydrogen) atoms. The van der Waals surface area contributed by atoms with Gasteiger partial charge in [-0.3, -0.25) is 9.69 Å². The van der Waals surface area contributed by atoms with Crippen LogP contribution in [0.15, 0.2) is 23.4 Å². The molecule has 1 unspecified atom stereocenters. The Morgan fingerprint density at radius 2 is 2.00 bits per heavy atom. The van der Waals surface area contributed by atoms with E-state index in [1.165, 1.54) is 0 Å². The van der Waals surface area contributed by atoms with Crippen LogP contribution in [0.1, 0.15) is 6.42 Å². The van der Waals surface area contributed by atoms with E-state index in [1.54, 1.807) is 16.7 Å². The van der Waals surface area contributed by atoms with Crippen molar-refractivity contribution in [1.29, 1.82) is 0 Å². The second-order valence-electron chi connectivity index (χ2n) is 8.20. The minimum atomic E-state index is -2.05. The number of β-lactam (4-membered cyclic amide) rings is 1. The third kappa shape index (κ3) is 5.44. The molecule has 1 fully saturated rings. The quantitative estimate of drug-likeness (QED) is 0.256. The van der Waals surface area contributed by atoms with Crippen LogP contribution in [0.3, 0.4) is 0 Å². The molecule has 0 bridgehead atoms. The first-order chi connectivity index (χ1) is 11.4. The van der Waals surface area contributed by atoms with Gasteiger partial charge in [-0.1, -0.05) is 54.4 Å². The van der Waals surface area contributed by atoms with Crippen LogP contribution >= 0.6 is 34.4 Å². The van der Waals surface area contributed by atoms with Crippen LogP contribution < -0.4 is 4.98 Å². The molecule has 1 amide bonds. The number of allylic oxidation sites excluding steroid dienone is 1. The van der Waals surface area contributed by atoms with Crippen molar-refractivity contribution in [3.8, 4) is 0 Å². The lowest BCUT2D eigenvalue weighted by atomic mass is 10.1. The molecule has 140 valence electrons. The van der Waals surface area contributed by atoms with Crippen LogP contribution in [0.2, 0.25) is 39.3 Å². The van der Waals surface area contributed by atoms with Crippen molar-refractivity contribution >= 4 is 62.8 Å². The number of carbonyl (C=O) groups excluding carboxylic acids is 2. The minimum absolute atomic E-state index is 0.00635. The van der Waals surface area contributed by atoms with Crippen LogP contribution in [0, 0.1) is 0 Å². The number of amides is 1. The molecular formula is C16H27IN2O3SSi2. The van der Waals surface area contributed by atoms with Gasteiger partial charge in [-0.25, -0.2) is 4.79 Å². The number of thioether (sulfide) groups is 1. The zero-order valence-corrected chi connectivity index (χ0v) is 20.7. The third-order valence-corrected chi connectivity index (χ3v) is 7.54. The highest BCUT2D eigenvalue weighted by Gasteiger charge is 2.49. The number of alkyl halides is 1. The molecule has 5 nitrogen and oxygen atoms in total. The maximum Gasteiger partial charge on any atom is 0.342 e. The smallest absolute Gasteiger partial charge is 0.342 e. The fourth-order valence-corrected chi connectivity index (χ4v) is 7.06. The molecule has 0 aromatic heterocycles. The molecule has 2 aliphatic heterocycles. The van der Waals surface area contributed by atoms with Gasteiger partial charge in [0.05, 0.1) is 17.2 Å². The Balaban J connectivity index is 2.49. The van der Waals surface area contributed by atoms with Crippen LogP contribution in [0.4, 0.5) is 0 Å². The van der Waals surface area contributed by atoms with Gasteiger partial charge in [0.15, 0.2) is 0 Å².